The lowest BCUT2D eigenvalue weighted by molar-refractivity contribution is -0.253. The first-order valence-corrected chi connectivity index (χ1v) is 16.4. The maximum absolute atomic E-state index is 12.3. The van der Waals surface area contributed by atoms with Gasteiger partial charge in [-0.3, -0.25) is 9.59 Å². The smallest absolute Gasteiger partial charge is 0.303 e. The molecule has 1 amide bonds. The molecule has 240 valence electrons. The first-order chi connectivity index (χ1) is 22.0. The van der Waals surface area contributed by atoms with Crippen LogP contribution in [0.25, 0.3) is 11.1 Å². The van der Waals surface area contributed by atoms with Gasteiger partial charge < -0.3 is 29.9 Å². The predicted molar refractivity (Wildman–Crippen MR) is 173 cm³/mol. The van der Waals surface area contributed by atoms with Gasteiger partial charge in [0.2, 0.25) is 5.91 Å². The summed E-state index contributed by atoms with van der Waals surface area (Å²) in [7, 11) is 0. The van der Waals surface area contributed by atoms with Gasteiger partial charge in [-0.1, -0.05) is 92.1 Å². The zero-order valence-electron chi connectivity index (χ0n) is 26.0. The third kappa shape index (κ3) is 9.71. The van der Waals surface area contributed by atoms with Crippen molar-refractivity contribution in [2.45, 2.75) is 89.4 Å². The van der Waals surface area contributed by atoms with E-state index in [4.69, 9.17) is 14.6 Å². The molecule has 0 unspecified atom stereocenters. The fourth-order valence-corrected chi connectivity index (χ4v) is 6.27. The molecule has 5 rings (SSSR count). The van der Waals surface area contributed by atoms with Gasteiger partial charge in [0.1, 0.15) is 0 Å². The molecule has 2 heterocycles. The average Bonchev–Trinajstić information content (AvgIpc) is 3.05. The van der Waals surface area contributed by atoms with E-state index in [0.29, 0.717) is 13.0 Å². The summed E-state index contributed by atoms with van der Waals surface area (Å²) in [5.41, 5.74) is 5.97. The largest absolute Gasteiger partial charge is 0.481 e. The fraction of sp³-hybridized carbons (Fsp3) is 0.459. The Labute approximate surface area is 266 Å². The number of carboxylic acids is 1. The van der Waals surface area contributed by atoms with Crippen LogP contribution in [0, 0.1) is 0 Å². The van der Waals surface area contributed by atoms with Gasteiger partial charge in [0, 0.05) is 37.9 Å². The van der Waals surface area contributed by atoms with E-state index in [-0.39, 0.29) is 37.6 Å². The van der Waals surface area contributed by atoms with E-state index < -0.39 is 12.3 Å². The maximum atomic E-state index is 12.3. The quantitative estimate of drug-likeness (QED) is 0.213. The molecule has 0 radical (unpaired) electrons. The number of carbonyl (C=O) groups is 2. The molecule has 0 spiro atoms. The van der Waals surface area contributed by atoms with Crippen LogP contribution in [0.3, 0.4) is 0 Å². The maximum Gasteiger partial charge on any atom is 0.303 e. The summed E-state index contributed by atoms with van der Waals surface area (Å²) in [4.78, 5) is 25.6. The summed E-state index contributed by atoms with van der Waals surface area (Å²) in [6, 6.07) is 24.3. The van der Waals surface area contributed by atoms with Crippen molar-refractivity contribution in [1.82, 2.24) is 10.2 Å². The van der Waals surface area contributed by atoms with Crippen molar-refractivity contribution >= 4 is 11.9 Å². The van der Waals surface area contributed by atoms with Crippen molar-refractivity contribution in [3.05, 3.63) is 95.1 Å². The number of hydrogen-bond donors (Lipinski definition) is 3. The number of amides is 1. The predicted octanol–water partition coefficient (Wildman–Crippen LogP) is 6.53. The van der Waals surface area contributed by atoms with Crippen LogP contribution in [0.2, 0.25) is 0 Å². The van der Waals surface area contributed by atoms with E-state index in [9.17, 15) is 14.7 Å². The summed E-state index contributed by atoms with van der Waals surface area (Å²) in [5, 5.41) is 21.3. The standard InChI is InChI=1S/C37H46N2O6/c40-26-27-13-15-29(16-14-27)34-23-32(25-39-21-6-2-1-3-7-22-39)44-37(45-34)30-19-17-28(18-20-30)33-10-5-4-9-31(33)24-38-35(41)11-8-12-36(42)43/h4-5,9-10,13-20,32,34,37,40H,1-3,6-8,11-12,21-26H2,(H,38,41)(H,42,43)/t32-,34+,37+/m1/s1. The molecule has 0 aromatic heterocycles. The van der Waals surface area contributed by atoms with Gasteiger partial charge in [0.15, 0.2) is 6.29 Å². The molecule has 3 N–H and O–H groups in total. The summed E-state index contributed by atoms with van der Waals surface area (Å²) >= 11 is 0. The Morgan fingerprint density at radius 1 is 0.822 bits per heavy atom. The number of carbonyl (C=O) groups excluding carboxylic acids is 1. The third-order valence-electron chi connectivity index (χ3n) is 8.81. The Hall–Kier alpha value is -3.56. The van der Waals surface area contributed by atoms with Gasteiger partial charge in [-0.25, -0.2) is 0 Å². The summed E-state index contributed by atoms with van der Waals surface area (Å²) in [6.07, 6.45) is 7.07. The Kier molecular flexibility index (Phi) is 12.2. The van der Waals surface area contributed by atoms with Crippen LogP contribution in [0.5, 0.6) is 0 Å². The number of aliphatic hydroxyl groups is 1. The van der Waals surface area contributed by atoms with E-state index in [1.807, 2.05) is 36.4 Å². The SMILES string of the molecule is O=C(O)CCCC(=O)NCc1ccccc1-c1ccc([C@H]2O[C@@H](CN3CCCCCCC3)C[C@@H](c3ccc(CO)cc3)O2)cc1. The molecule has 45 heavy (non-hydrogen) atoms. The van der Waals surface area contributed by atoms with Crippen LogP contribution in [0.15, 0.2) is 72.8 Å². The zero-order chi connectivity index (χ0) is 31.4. The molecule has 0 saturated carbocycles. The molecular weight excluding hydrogens is 568 g/mol. The highest BCUT2D eigenvalue weighted by molar-refractivity contribution is 5.77. The topological polar surface area (TPSA) is 108 Å². The number of likely N-dealkylation sites (tertiary alicyclic amines) is 1. The van der Waals surface area contributed by atoms with E-state index in [1.54, 1.807) is 0 Å². The molecular formula is C37H46N2O6. The normalized spacial score (nSPS) is 21.0. The van der Waals surface area contributed by atoms with Crippen LogP contribution in [0.4, 0.5) is 0 Å². The number of nitrogens with zero attached hydrogens (tertiary/aromatic N) is 1. The lowest BCUT2D eigenvalue weighted by Crippen LogP contribution is -2.40. The molecule has 3 atom stereocenters. The first kappa shape index (κ1) is 32.8. The molecule has 0 bridgehead atoms. The number of hydrogen-bond acceptors (Lipinski definition) is 6. The molecule has 8 nitrogen and oxygen atoms in total. The molecule has 3 aromatic carbocycles. The highest BCUT2D eigenvalue weighted by Crippen LogP contribution is 2.39. The van der Waals surface area contributed by atoms with Crippen LogP contribution in [-0.2, 0) is 32.2 Å². The van der Waals surface area contributed by atoms with Crippen molar-refractivity contribution in [2.75, 3.05) is 19.6 Å². The molecule has 2 aliphatic rings. The molecule has 8 heteroatoms. The number of nitrogens with one attached hydrogen (secondary N) is 1. The number of aliphatic hydroxyl groups excluding tert-OH is 1. The van der Waals surface area contributed by atoms with Crippen molar-refractivity contribution in [3.8, 4) is 11.1 Å². The van der Waals surface area contributed by atoms with Crippen LogP contribution < -0.4 is 5.32 Å². The second-order valence-corrected chi connectivity index (χ2v) is 12.2. The van der Waals surface area contributed by atoms with Crippen molar-refractivity contribution in [1.29, 1.82) is 0 Å². The highest BCUT2D eigenvalue weighted by Gasteiger charge is 2.33. The summed E-state index contributed by atoms with van der Waals surface area (Å²) in [5.74, 6) is -1.05. The van der Waals surface area contributed by atoms with Gasteiger partial charge in [0.05, 0.1) is 18.8 Å². The monoisotopic (exact) mass is 614 g/mol. The Balaban J connectivity index is 1.29. The minimum atomic E-state index is -0.892. The van der Waals surface area contributed by atoms with Crippen LogP contribution in [0.1, 0.15) is 92.4 Å². The number of ether oxygens (including phenoxy) is 2. The highest BCUT2D eigenvalue weighted by atomic mass is 16.7. The zero-order valence-corrected chi connectivity index (χ0v) is 26.0. The lowest BCUT2D eigenvalue weighted by atomic mass is 9.97. The minimum Gasteiger partial charge on any atom is -0.481 e. The Bertz CT molecular complexity index is 1370. The molecule has 3 aromatic rings. The van der Waals surface area contributed by atoms with Gasteiger partial charge in [-0.15, -0.1) is 0 Å². The third-order valence-corrected chi connectivity index (χ3v) is 8.81. The molecule has 2 fully saturated rings. The second-order valence-electron chi connectivity index (χ2n) is 12.2. The minimum absolute atomic E-state index is 0.0134. The molecule has 2 aliphatic heterocycles. The van der Waals surface area contributed by atoms with E-state index in [2.05, 4.69) is 46.6 Å². The van der Waals surface area contributed by atoms with Crippen molar-refractivity contribution in [2.24, 2.45) is 0 Å². The Morgan fingerprint density at radius 3 is 2.22 bits per heavy atom. The molecule has 0 aliphatic carbocycles. The number of aliphatic carboxylic acids is 1. The lowest BCUT2D eigenvalue weighted by Gasteiger charge is -2.39. The number of rotatable bonds is 12. The second kappa shape index (κ2) is 16.7. The van der Waals surface area contributed by atoms with Gasteiger partial charge in [-0.2, -0.15) is 0 Å². The number of carboxylic acid groups (broad SMARTS) is 1. The van der Waals surface area contributed by atoms with Gasteiger partial charge in [-0.05, 0) is 60.2 Å². The summed E-state index contributed by atoms with van der Waals surface area (Å²) < 4.78 is 13.2. The van der Waals surface area contributed by atoms with Crippen LogP contribution in [-0.4, -0.2) is 52.7 Å². The van der Waals surface area contributed by atoms with Gasteiger partial charge >= 0.3 is 5.97 Å². The Morgan fingerprint density at radius 2 is 1.51 bits per heavy atom. The van der Waals surface area contributed by atoms with Crippen molar-refractivity contribution in [3.63, 3.8) is 0 Å². The van der Waals surface area contributed by atoms with Crippen LogP contribution >= 0.6 is 0 Å². The average molecular weight is 615 g/mol. The first-order valence-electron chi connectivity index (χ1n) is 16.4. The van der Waals surface area contributed by atoms with Gasteiger partial charge in [0.25, 0.3) is 0 Å². The van der Waals surface area contributed by atoms with E-state index in [0.717, 1.165) is 59.4 Å². The summed E-state index contributed by atoms with van der Waals surface area (Å²) in [6.45, 7) is 3.49. The van der Waals surface area contributed by atoms with Crippen molar-refractivity contribution < 1.29 is 29.3 Å². The van der Waals surface area contributed by atoms with E-state index >= 15 is 0 Å². The van der Waals surface area contributed by atoms with E-state index in [1.165, 1.54) is 32.1 Å². The number of benzene rings is 3. The fourth-order valence-electron chi connectivity index (χ4n) is 6.27. The molecule has 2 saturated heterocycles.